The Labute approximate surface area is 235 Å². The number of benzene rings is 1. The Morgan fingerprint density at radius 3 is 2.47 bits per heavy atom. The zero-order valence-electron chi connectivity index (χ0n) is 20.8. The predicted octanol–water partition coefficient (Wildman–Crippen LogP) is 4.85. The summed E-state index contributed by atoms with van der Waals surface area (Å²) in [7, 11) is -2.28. The molecule has 0 atom stereocenters. The summed E-state index contributed by atoms with van der Waals surface area (Å²) < 4.78 is 32.9. The Balaban J connectivity index is 1.26. The van der Waals surface area contributed by atoms with Crippen LogP contribution in [0.4, 0.5) is 5.00 Å². The molecule has 0 unspecified atom stereocenters. The lowest BCUT2D eigenvalue weighted by Crippen LogP contribution is -2.41. The molecule has 12 heteroatoms. The van der Waals surface area contributed by atoms with Crippen molar-refractivity contribution >= 4 is 61.2 Å². The predicted molar refractivity (Wildman–Crippen MR) is 149 cm³/mol. The van der Waals surface area contributed by atoms with Crippen LogP contribution < -0.4 is 5.32 Å². The van der Waals surface area contributed by atoms with Gasteiger partial charge in [-0.2, -0.15) is 4.31 Å². The molecule has 0 aliphatic carbocycles. The molecule has 1 fully saturated rings. The van der Waals surface area contributed by atoms with Crippen molar-refractivity contribution in [3.05, 3.63) is 68.4 Å². The second-order valence-corrected chi connectivity index (χ2v) is 14.4. The summed E-state index contributed by atoms with van der Waals surface area (Å²) in [5.74, 6) is -1.01. The van der Waals surface area contributed by atoms with Crippen LogP contribution in [0.15, 0.2) is 46.7 Å². The van der Waals surface area contributed by atoms with Gasteiger partial charge in [0.15, 0.2) is 0 Å². The number of sulfonamides is 1. The van der Waals surface area contributed by atoms with E-state index < -0.39 is 16.0 Å². The fourth-order valence-electron chi connectivity index (χ4n) is 4.97. The van der Waals surface area contributed by atoms with E-state index in [1.165, 1.54) is 34.4 Å². The molecule has 0 radical (unpaired) electrons. The van der Waals surface area contributed by atoms with Crippen molar-refractivity contribution in [1.82, 2.24) is 9.21 Å². The molecule has 1 aromatic carbocycles. The Morgan fingerprint density at radius 2 is 1.82 bits per heavy atom. The summed E-state index contributed by atoms with van der Waals surface area (Å²) >= 11 is 8.38. The van der Waals surface area contributed by atoms with Gasteiger partial charge in [-0.25, -0.2) is 13.2 Å². The number of hydrogen-bond acceptors (Lipinski definition) is 8. The molecule has 202 valence electrons. The van der Waals surface area contributed by atoms with E-state index in [2.05, 4.69) is 22.3 Å². The Kier molecular flexibility index (Phi) is 8.22. The second kappa shape index (κ2) is 11.4. The maximum Gasteiger partial charge on any atom is 0.341 e. The lowest BCUT2D eigenvalue weighted by Gasteiger charge is -2.30. The number of carbonyl (C=O) groups excluding carboxylic acids is 2. The summed E-state index contributed by atoms with van der Waals surface area (Å²) in [6, 6.07) is 13.3. The number of hydrogen-bond donors (Lipinski definition) is 1. The molecule has 38 heavy (non-hydrogen) atoms. The molecular weight excluding hydrogens is 566 g/mol. The van der Waals surface area contributed by atoms with Gasteiger partial charge in [-0.05, 0) is 42.5 Å². The van der Waals surface area contributed by atoms with Crippen LogP contribution in [0.25, 0.3) is 0 Å². The van der Waals surface area contributed by atoms with Crippen LogP contribution >= 0.6 is 34.3 Å². The number of anilines is 1. The van der Waals surface area contributed by atoms with E-state index in [0.29, 0.717) is 40.7 Å². The fourth-order valence-corrected chi connectivity index (χ4v) is 9.36. The van der Waals surface area contributed by atoms with E-state index in [-0.39, 0.29) is 29.1 Å². The second-order valence-electron chi connectivity index (χ2n) is 9.37. The molecule has 5 rings (SSSR count). The van der Waals surface area contributed by atoms with Crippen LogP contribution in [0.3, 0.4) is 0 Å². The van der Waals surface area contributed by atoms with Gasteiger partial charge in [-0.15, -0.1) is 22.7 Å². The van der Waals surface area contributed by atoms with Crippen LogP contribution in [0.1, 0.15) is 39.2 Å². The minimum atomic E-state index is -3.63. The molecule has 0 saturated carbocycles. The Morgan fingerprint density at radius 1 is 1.08 bits per heavy atom. The molecule has 8 nitrogen and oxygen atoms in total. The van der Waals surface area contributed by atoms with Gasteiger partial charge in [-0.3, -0.25) is 9.69 Å². The zero-order valence-corrected chi connectivity index (χ0v) is 24.0. The number of piperidine rings is 1. The van der Waals surface area contributed by atoms with E-state index >= 15 is 0 Å². The first-order valence-corrected chi connectivity index (χ1v) is 15.8. The van der Waals surface area contributed by atoms with Gasteiger partial charge in [0.2, 0.25) is 5.91 Å². The number of ether oxygens (including phenoxy) is 1. The maximum atomic E-state index is 13.2. The summed E-state index contributed by atoms with van der Waals surface area (Å²) in [6.45, 7) is 2.80. The number of nitrogens with zero attached hydrogens (tertiary/aromatic N) is 2. The van der Waals surface area contributed by atoms with Crippen LogP contribution in [0.2, 0.25) is 4.34 Å². The van der Waals surface area contributed by atoms with Crippen LogP contribution in [-0.2, 0) is 39.1 Å². The SMILES string of the molecule is COC(=O)c1c(NC(=O)C2CCN(S(=O)(=O)c3ccc(Cl)s3)CC2)sc2c1CCN(Cc1ccccc1)C2. The van der Waals surface area contributed by atoms with E-state index in [1.54, 1.807) is 6.07 Å². The van der Waals surface area contributed by atoms with Crippen molar-refractivity contribution in [3.8, 4) is 0 Å². The third-order valence-corrected chi connectivity index (χ3v) is 11.7. The number of fused-ring (bicyclic) bond motifs is 1. The lowest BCUT2D eigenvalue weighted by molar-refractivity contribution is -0.120. The number of esters is 1. The zero-order chi connectivity index (χ0) is 26.9. The van der Waals surface area contributed by atoms with Gasteiger partial charge >= 0.3 is 5.97 Å². The summed E-state index contributed by atoms with van der Waals surface area (Å²) in [4.78, 5) is 29.3. The van der Waals surface area contributed by atoms with Crippen LogP contribution in [0.5, 0.6) is 0 Å². The van der Waals surface area contributed by atoms with Gasteiger partial charge < -0.3 is 10.1 Å². The molecule has 1 saturated heterocycles. The van der Waals surface area contributed by atoms with E-state index in [4.69, 9.17) is 16.3 Å². The lowest BCUT2D eigenvalue weighted by atomic mass is 9.97. The molecule has 1 N–H and O–H groups in total. The average molecular weight is 594 g/mol. The molecule has 2 aliphatic heterocycles. The maximum absolute atomic E-state index is 13.2. The number of thiophene rings is 2. The number of carbonyl (C=O) groups is 2. The topological polar surface area (TPSA) is 96.0 Å². The molecule has 1 amide bonds. The van der Waals surface area contributed by atoms with E-state index in [0.717, 1.165) is 34.9 Å². The highest BCUT2D eigenvalue weighted by atomic mass is 35.5. The average Bonchev–Trinajstić information content (AvgIpc) is 3.52. The summed E-state index contributed by atoms with van der Waals surface area (Å²) in [5, 5.41) is 3.49. The summed E-state index contributed by atoms with van der Waals surface area (Å²) in [6.07, 6.45) is 1.49. The normalized spacial score (nSPS) is 17.2. The third kappa shape index (κ3) is 5.68. The number of rotatable bonds is 7. The van der Waals surface area contributed by atoms with Crippen molar-refractivity contribution in [2.24, 2.45) is 5.92 Å². The van der Waals surface area contributed by atoms with E-state index in [1.807, 2.05) is 18.2 Å². The van der Waals surface area contributed by atoms with Gasteiger partial charge in [0.1, 0.15) is 9.21 Å². The highest BCUT2D eigenvalue weighted by Gasteiger charge is 2.35. The first-order valence-electron chi connectivity index (χ1n) is 12.3. The monoisotopic (exact) mass is 593 g/mol. The van der Waals surface area contributed by atoms with Gasteiger partial charge in [-0.1, -0.05) is 41.9 Å². The number of halogens is 1. The highest BCUT2D eigenvalue weighted by molar-refractivity contribution is 7.91. The Hall–Kier alpha value is -2.28. The third-order valence-electron chi connectivity index (χ3n) is 6.98. The van der Waals surface area contributed by atoms with Crippen molar-refractivity contribution in [2.45, 2.75) is 36.6 Å². The summed E-state index contributed by atoms with van der Waals surface area (Å²) in [5.41, 5.74) is 2.61. The van der Waals surface area contributed by atoms with Gasteiger partial charge in [0.05, 0.1) is 17.0 Å². The quantitative estimate of drug-likeness (QED) is 0.394. The number of amides is 1. The first kappa shape index (κ1) is 27.3. The van der Waals surface area contributed by atoms with Crippen molar-refractivity contribution in [2.75, 3.05) is 32.1 Å². The first-order chi connectivity index (χ1) is 18.3. The van der Waals surface area contributed by atoms with Crippen LogP contribution in [-0.4, -0.2) is 56.2 Å². The number of methoxy groups -OCH3 is 1. The van der Waals surface area contributed by atoms with Gasteiger partial charge in [0, 0.05) is 43.5 Å². The standard InChI is InChI=1S/C26H28ClN3O5S3/c1-35-26(32)23-19-11-12-29(15-17-5-3-2-4-6-17)16-20(19)36-25(23)28-24(31)18-9-13-30(14-10-18)38(33,34)22-8-7-21(27)37-22/h2-8,18H,9-16H2,1H3,(H,28,31). The molecule has 2 aliphatic rings. The molecule has 3 aromatic rings. The smallest absolute Gasteiger partial charge is 0.341 e. The van der Waals surface area contributed by atoms with Gasteiger partial charge in [0.25, 0.3) is 10.0 Å². The largest absolute Gasteiger partial charge is 0.465 e. The molecule has 0 bridgehead atoms. The van der Waals surface area contributed by atoms with Crippen molar-refractivity contribution < 1.29 is 22.7 Å². The minimum absolute atomic E-state index is 0.203. The molecule has 4 heterocycles. The van der Waals surface area contributed by atoms with Crippen molar-refractivity contribution in [3.63, 3.8) is 0 Å². The Bertz CT molecular complexity index is 1430. The van der Waals surface area contributed by atoms with Crippen molar-refractivity contribution in [1.29, 1.82) is 0 Å². The highest BCUT2D eigenvalue weighted by Crippen LogP contribution is 2.39. The molecule has 0 spiro atoms. The van der Waals surface area contributed by atoms with Crippen LogP contribution in [0, 0.1) is 5.92 Å². The minimum Gasteiger partial charge on any atom is -0.465 e. The fraction of sp³-hybridized carbons (Fsp3) is 0.385. The number of nitrogens with one attached hydrogen (secondary N) is 1. The molecular formula is C26H28ClN3O5S3. The van der Waals surface area contributed by atoms with E-state index in [9.17, 15) is 18.0 Å². The molecule has 2 aromatic heterocycles.